The van der Waals surface area contributed by atoms with Gasteiger partial charge in [0.15, 0.2) is 6.10 Å². The molecule has 0 spiro atoms. The highest BCUT2D eigenvalue weighted by Gasteiger charge is 2.19. The number of carbonyl (C=O) groups is 1. The molecule has 3 rings (SSSR count). The minimum absolute atomic E-state index is 0.0420. The Morgan fingerprint density at radius 3 is 2.84 bits per heavy atom. The van der Waals surface area contributed by atoms with Gasteiger partial charge in [-0.05, 0) is 73.9 Å². The first-order valence-corrected chi connectivity index (χ1v) is 9.35. The van der Waals surface area contributed by atoms with Gasteiger partial charge in [-0.1, -0.05) is 13.0 Å². The standard InChI is InChI=1S/C21H27NO3/c1-2-20(21(23)22-13-5-9-18-10-6-14-24-18)25-19-12-11-16-7-3-4-8-17(16)15-19/h6,10-12,14-15,20H,2-5,7-9,13H2,1H3,(H,22,23)/t20-/m1/s1. The van der Waals surface area contributed by atoms with Crippen molar-refractivity contribution in [1.29, 1.82) is 0 Å². The normalized spacial score (nSPS) is 14.6. The number of aryl methyl sites for hydroxylation is 3. The third-order valence-corrected chi connectivity index (χ3v) is 4.74. The topological polar surface area (TPSA) is 51.5 Å². The fourth-order valence-electron chi connectivity index (χ4n) is 3.31. The Labute approximate surface area is 149 Å². The first kappa shape index (κ1) is 17.6. The lowest BCUT2D eigenvalue weighted by Gasteiger charge is -2.20. The molecule has 1 atom stereocenters. The minimum atomic E-state index is -0.440. The Hall–Kier alpha value is -2.23. The number of fused-ring (bicyclic) bond motifs is 1. The number of nitrogens with one attached hydrogen (secondary N) is 1. The van der Waals surface area contributed by atoms with Crippen LogP contribution in [0.4, 0.5) is 0 Å². The van der Waals surface area contributed by atoms with Crippen LogP contribution in [0.3, 0.4) is 0 Å². The van der Waals surface area contributed by atoms with Crippen LogP contribution in [0, 0.1) is 0 Å². The molecule has 0 bridgehead atoms. The van der Waals surface area contributed by atoms with Gasteiger partial charge in [-0.2, -0.15) is 0 Å². The fourth-order valence-corrected chi connectivity index (χ4v) is 3.31. The Balaban J connectivity index is 1.48. The molecule has 0 radical (unpaired) electrons. The average molecular weight is 341 g/mol. The molecule has 25 heavy (non-hydrogen) atoms. The van der Waals surface area contributed by atoms with Gasteiger partial charge >= 0.3 is 0 Å². The summed E-state index contributed by atoms with van der Waals surface area (Å²) in [6.45, 7) is 2.61. The summed E-state index contributed by atoms with van der Waals surface area (Å²) in [5, 5.41) is 2.97. The molecule has 4 heteroatoms. The average Bonchev–Trinajstić information content (AvgIpc) is 3.16. The summed E-state index contributed by atoms with van der Waals surface area (Å²) in [5.74, 6) is 1.71. The molecular weight excluding hydrogens is 314 g/mol. The number of amides is 1. The van der Waals surface area contributed by atoms with Crippen LogP contribution >= 0.6 is 0 Å². The van der Waals surface area contributed by atoms with E-state index in [-0.39, 0.29) is 5.91 Å². The van der Waals surface area contributed by atoms with Gasteiger partial charge in [-0.15, -0.1) is 0 Å². The van der Waals surface area contributed by atoms with Crippen molar-refractivity contribution in [2.24, 2.45) is 0 Å². The van der Waals surface area contributed by atoms with Gasteiger partial charge in [0.2, 0.25) is 0 Å². The maximum absolute atomic E-state index is 12.4. The summed E-state index contributed by atoms with van der Waals surface area (Å²) in [7, 11) is 0. The zero-order chi connectivity index (χ0) is 17.5. The molecule has 1 aromatic carbocycles. The number of hydrogen-bond acceptors (Lipinski definition) is 3. The van der Waals surface area contributed by atoms with Crippen molar-refractivity contribution in [2.45, 2.75) is 58.0 Å². The Morgan fingerprint density at radius 2 is 2.08 bits per heavy atom. The van der Waals surface area contributed by atoms with Gasteiger partial charge in [-0.25, -0.2) is 0 Å². The summed E-state index contributed by atoms with van der Waals surface area (Å²) in [6.07, 6.45) is 8.35. The van der Waals surface area contributed by atoms with E-state index < -0.39 is 6.10 Å². The summed E-state index contributed by atoms with van der Waals surface area (Å²) in [6, 6.07) is 10.1. The van der Waals surface area contributed by atoms with E-state index in [1.54, 1.807) is 6.26 Å². The van der Waals surface area contributed by atoms with E-state index in [4.69, 9.17) is 9.15 Å². The molecule has 1 N–H and O–H groups in total. The molecule has 4 nitrogen and oxygen atoms in total. The molecule has 1 aliphatic rings. The summed E-state index contributed by atoms with van der Waals surface area (Å²) in [5.41, 5.74) is 2.80. The molecule has 1 aliphatic carbocycles. The van der Waals surface area contributed by atoms with E-state index >= 15 is 0 Å². The van der Waals surface area contributed by atoms with Crippen molar-refractivity contribution < 1.29 is 13.9 Å². The van der Waals surface area contributed by atoms with E-state index in [0.29, 0.717) is 13.0 Å². The lowest BCUT2D eigenvalue weighted by Crippen LogP contribution is -2.38. The molecule has 2 aromatic rings. The molecule has 0 unspecified atom stereocenters. The second-order valence-corrected chi connectivity index (χ2v) is 6.63. The number of carbonyl (C=O) groups excluding carboxylic acids is 1. The third kappa shape index (κ3) is 4.88. The molecule has 0 fully saturated rings. The van der Waals surface area contributed by atoms with Crippen LogP contribution in [-0.4, -0.2) is 18.6 Å². The SMILES string of the molecule is CC[C@@H](Oc1ccc2c(c1)CCCC2)C(=O)NCCCc1ccco1. The van der Waals surface area contributed by atoms with Gasteiger partial charge in [0.1, 0.15) is 11.5 Å². The third-order valence-electron chi connectivity index (χ3n) is 4.74. The van der Waals surface area contributed by atoms with Gasteiger partial charge < -0.3 is 14.5 Å². The van der Waals surface area contributed by atoms with Crippen molar-refractivity contribution in [2.75, 3.05) is 6.54 Å². The zero-order valence-electron chi connectivity index (χ0n) is 14.9. The van der Waals surface area contributed by atoms with Crippen molar-refractivity contribution in [1.82, 2.24) is 5.32 Å². The molecule has 0 aliphatic heterocycles. The van der Waals surface area contributed by atoms with Crippen molar-refractivity contribution in [3.8, 4) is 5.75 Å². The van der Waals surface area contributed by atoms with Gasteiger partial charge in [0.25, 0.3) is 5.91 Å². The monoisotopic (exact) mass is 341 g/mol. The first-order valence-electron chi connectivity index (χ1n) is 9.35. The second kappa shape index (κ2) is 8.75. The molecule has 1 aromatic heterocycles. The van der Waals surface area contributed by atoms with E-state index in [1.165, 1.54) is 24.0 Å². The maximum atomic E-state index is 12.4. The van der Waals surface area contributed by atoms with Crippen LogP contribution in [0.2, 0.25) is 0 Å². The quantitative estimate of drug-likeness (QED) is 0.737. The van der Waals surface area contributed by atoms with Crippen LogP contribution in [0.15, 0.2) is 41.0 Å². The van der Waals surface area contributed by atoms with E-state index in [9.17, 15) is 4.79 Å². The predicted octanol–water partition coefficient (Wildman–Crippen LogP) is 4.06. The summed E-state index contributed by atoms with van der Waals surface area (Å²) < 4.78 is 11.3. The highest BCUT2D eigenvalue weighted by molar-refractivity contribution is 5.81. The number of rotatable bonds is 8. The Kier molecular flexibility index (Phi) is 6.15. The van der Waals surface area contributed by atoms with E-state index in [0.717, 1.165) is 37.2 Å². The largest absolute Gasteiger partial charge is 0.481 e. The summed E-state index contributed by atoms with van der Waals surface area (Å²) >= 11 is 0. The van der Waals surface area contributed by atoms with E-state index in [2.05, 4.69) is 17.4 Å². The lowest BCUT2D eigenvalue weighted by molar-refractivity contribution is -0.128. The highest BCUT2D eigenvalue weighted by Crippen LogP contribution is 2.26. The molecule has 134 valence electrons. The molecular formula is C21H27NO3. The predicted molar refractivity (Wildman–Crippen MR) is 97.8 cm³/mol. The zero-order valence-corrected chi connectivity index (χ0v) is 14.9. The van der Waals surface area contributed by atoms with Crippen molar-refractivity contribution in [3.05, 3.63) is 53.5 Å². The minimum Gasteiger partial charge on any atom is -0.481 e. The number of furan rings is 1. The number of ether oxygens (including phenoxy) is 1. The Morgan fingerprint density at radius 1 is 1.24 bits per heavy atom. The molecule has 0 saturated carbocycles. The lowest BCUT2D eigenvalue weighted by atomic mass is 9.92. The molecule has 1 heterocycles. The number of benzene rings is 1. The smallest absolute Gasteiger partial charge is 0.261 e. The highest BCUT2D eigenvalue weighted by atomic mass is 16.5. The summed E-state index contributed by atoms with van der Waals surface area (Å²) in [4.78, 5) is 12.4. The van der Waals surface area contributed by atoms with Gasteiger partial charge in [-0.3, -0.25) is 4.79 Å². The maximum Gasteiger partial charge on any atom is 0.261 e. The fraction of sp³-hybridized carbons (Fsp3) is 0.476. The van der Waals surface area contributed by atoms with Crippen LogP contribution < -0.4 is 10.1 Å². The van der Waals surface area contributed by atoms with Crippen LogP contribution in [0.1, 0.15) is 49.5 Å². The van der Waals surface area contributed by atoms with Crippen molar-refractivity contribution >= 4 is 5.91 Å². The van der Waals surface area contributed by atoms with Crippen molar-refractivity contribution in [3.63, 3.8) is 0 Å². The van der Waals surface area contributed by atoms with Crippen LogP contribution in [0.5, 0.6) is 5.75 Å². The van der Waals surface area contributed by atoms with Gasteiger partial charge in [0, 0.05) is 13.0 Å². The Bertz CT molecular complexity index is 678. The number of hydrogen-bond donors (Lipinski definition) is 1. The molecule has 1 amide bonds. The van der Waals surface area contributed by atoms with E-state index in [1.807, 2.05) is 25.1 Å². The van der Waals surface area contributed by atoms with Crippen LogP contribution in [-0.2, 0) is 24.1 Å². The van der Waals surface area contributed by atoms with Crippen LogP contribution in [0.25, 0.3) is 0 Å². The first-order chi connectivity index (χ1) is 12.3. The second-order valence-electron chi connectivity index (χ2n) is 6.63. The molecule has 0 saturated heterocycles. The van der Waals surface area contributed by atoms with Gasteiger partial charge in [0.05, 0.1) is 6.26 Å².